The van der Waals surface area contributed by atoms with Gasteiger partial charge in [-0.25, -0.2) is 0 Å². The van der Waals surface area contributed by atoms with E-state index in [0.29, 0.717) is 18.9 Å². The second kappa shape index (κ2) is 6.57. The van der Waals surface area contributed by atoms with Crippen LogP contribution in [0.2, 0.25) is 0 Å². The molecule has 0 radical (unpaired) electrons. The first-order valence-corrected chi connectivity index (χ1v) is 7.55. The lowest BCUT2D eigenvalue weighted by atomic mass is 10.0. The van der Waals surface area contributed by atoms with Gasteiger partial charge in [-0.3, -0.25) is 9.78 Å². The first-order valence-electron chi connectivity index (χ1n) is 7.55. The van der Waals surface area contributed by atoms with Crippen LogP contribution < -0.4 is 5.32 Å². The van der Waals surface area contributed by atoms with Gasteiger partial charge in [-0.2, -0.15) is 0 Å². The summed E-state index contributed by atoms with van der Waals surface area (Å²) in [5.74, 6) is 0.743. The number of hydrogen-bond donors (Lipinski definition) is 1. The number of carbonyl (C=O) groups excluding carboxylic acids is 1. The van der Waals surface area contributed by atoms with Crippen LogP contribution in [-0.2, 0) is 11.3 Å². The predicted molar refractivity (Wildman–Crippen MR) is 80.4 cm³/mol. The Bertz CT molecular complexity index is 569. The average molecular weight is 284 g/mol. The van der Waals surface area contributed by atoms with Crippen LogP contribution in [0.3, 0.4) is 0 Å². The fourth-order valence-electron chi connectivity index (χ4n) is 2.86. The molecule has 21 heavy (non-hydrogen) atoms. The molecule has 0 aromatic carbocycles. The van der Waals surface area contributed by atoms with E-state index in [1.54, 1.807) is 18.7 Å². The third-order valence-electron chi connectivity index (χ3n) is 4.08. The van der Waals surface area contributed by atoms with Crippen molar-refractivity contribution in [1.82, 2.24) is 10.3 Å². The molecule has 0 spiro atoms. The molecular weight excluding hydrogens is 264 g/mol. The Morgan fingerprint density at radius 2 is 2.14 bits per heavy atom. The molecule has 1 fully saturated rings. The lowest BCUT2D eigenvalue weighted by Crippen LogP contribution is -2.24. The zero-order valence-electron chi connectivity index (χ0n) is 12.0. The second-order valence-electron chi connectivity index (χ2n) is 5.70. The Morgan fingerprint density at radius 1 is 1.29 bits per heavy atom. The zero-order chi connectivity index (χ0) is 14.5. The Morgan fingerprint density at radius 3 is 2.81 bits per heavy atom. The maximum Gasteiger partial charge on any atom is 0.220 e. The van der Waals surface area contributed by atoms with Crippen LogP contribution in [-0.4, -0.2) is 10.9 Å². The van der Waals surface area contributed by atoms with Gasteiger partial charge in [0.05, 0.1) is 18.2 Å². The van der Waals surface area contributed by atoms with Crippen LogP contribution in [0, 0.1) is 5.92 Å². The number of amides is 1. The summed E-state index contributed by atoms with van der Waals surface area (Å²) in [6.45, 7) is 0.546. The third-order valence-corrected chi connectivity index (χ3v) is 4.08. The van der Waals surface area contributed by atoms with E-state index in [1.807, 2.05) is 18.2 Å². The van der Waals surface area contributed by atoms with Crippen LogP contribution in [0.1, 0.15) is 37.7 Å². The van der Waals surface area contributed by atoms with Gasteiger partial charge in [-0.15, -0.1) is 0 Å². The molecule has 3 rings (SSSR count). The van der Waals surface area contributed by atoms with Gasteiger partial charge in [0, 0.05) is 24.7 Å². The molecule has 0 bridgehead atoms. The molecular formula is C17H20N2O2. The molecule has 0 unspecified atom stereocenters. The SMILES string of the molecule is O=C(CC1CCCC1)NCc1ccc(-c2ccoc2)nc1. The third kappa shape index (κ3) is 3.72. The summed E-state index contributed by atoms with van der Waals surface area (Å²) in [4.78, 5) is 16.3. The number of furan rings is 1. The van der Waals surface area contributed by atoms with Crippen molar-refractivity contribution in [2.75, 3.05) is 0 Å². The minimum Gasteiger partial charge on any atom is -0.472 e. The number of rotatable bonds is 5. The molecule has 1 N–H and O–H groups in total. The van der Waals surface area contributed by atoms with Gasteiger partial charge in [-0.05, 0) is 36.5 Å². The van der Waals surface area contributed by atoms with Crippen LogP contribution in [0.25, 0.3) is 11.3 Å². The molecule has 1 aliphatic rings. The van der Waals surface area contributed by atoms with E-state index in [1.165, 1.54) is 25.7 Å². The monoisotopic (exact) mass is 284 g/mol. The van der Waals surface area contributed by atoms with Crippen LogP contribution in [0.15, 0.2) is 41.3 Å². The van der Waals surface area contributed by atoms with Gasteiger partial charge in [0.25, 0.3) is 0 Å². The highest BCUT2D eigenvalue weighted by Crippen LogP contribution is 2.27. The van der Waals surface area contributed by atoms with Crippen molar-refractivity contribution in [1.29, 1.82) is 0 Å². The highest BCUT2D eigenvalue weighted by Gasteiger charge is 2.18. The summed E-state index contributed by atoms with van der Waals surface area (Å²) in [5.41, 5.74) is 2.86. The smallest absolute Gasteiger partial charge is 0.220 e. The van der Waals surface area contributed by atoms with Gasteiger partial charge >= 0.3 is 0 Å². The van der Waals surface area contributed by atoms with E-state index in [-0.39, 0.29) is 5.91 Å². The Kier molecular flexibility index (Phi) is 4.34. The second-order valence-corrected chi connectivity index (χ2v) is 5.70. The largest absolute Gasteiger partial charge is 0.472 e. The van der Waals surface area contributed by atoms with E-state index >= 15 is 0 Å². The maximum absolute atomic E-state index is 11.9. The Balaban J connectivity index is 1.50. The van der Waals surface area contributed by atoms with E-state index in [0.717, 1.165) is 16.8 Å². The summed E-state index contributed by atoms with van der Waals surface area (Å²) in [6, 6.07) is 5.82. The summed E-state index contributed by atoms with van der Waals surface area (Å²) >= 11 is 0. The molecule has 1 saturated carbocycles. The van der Waals surface area contributed by atoms with Gasteiger partial charge in [0.15, 0.2) is 0 Å². The lowest BCUT2D eigenvalue weighted by molar-refractivity contribution is -0.122. The molecule has 4 heteroatoms. The van der Waals surface area contributed by atoms with Crippen LogP contribution >= 0.6 is 0 Å². The Labute approximate surface area is 124 Å². The zero-order valence-corrected chi connectivity index (χ0v) is 12.0. The topological polar surface area (TPSA) is 55.1 Å². The highest BCUT2D eigenvalue weighted by molar-refractivity contribution is 5.76. The summed E-state index contributed by atoms with van der Waals surface area (Å²) in [5, 5.41) is 2.98. The molecule has 4 nitrogen and oxygen atoms in total. The summed E-state index contributed by atoms with van der Waals surface area (Å²) in [7, 11) is 0. The fraction of sp³-hybridized carbons (Fsp3) is 0.412. The predicted octanol–water partition coefficient (Wildman–Crippen LogP) is 3.54. The summed E-state index contributed by atoms with van der Waals surface area (Å²) in [6.07, 6.45) is 10.7. The standard InChI is InChI=1S/C17H20N2O2/c20-17(9-13-3-1-2-4-13)19-11-14-5-6-16(18-10-14)15-7-8-21-12-15/h5-8,10,12-13H,1-4,9,11H2,(H,19,20). The number of nitrogens with one attached hydrogen (secondary N) is 1. The van der Waals surface area contributed by atoms with Crippen molar-refractivity contribution in [2.45, 2.75) is 38.6 Å². The minimum absolute atomic E-state index is 0.154. The van der Waals surface area contributed by atoms with Crippen molar-refractivity contribution < 1.29 is 9.21 Å². The van der Waals surface area contributed by atoms with Crippen molar-refractivity contribution in [3.8, 4) is 11.3 Å². The molecule has 1 amide bonds. The number of nitrogens with zero attached hydrogens (tertiary/aromatic N) is 1. The van der Waals surface area contributed by atoms with Gasteiger partial charge < -0.3 is 9.73 Å². The molecule has 0 aliphatic heterocycles. The summed E-state index contributed by atoms with van der Waals surface area (Å²) < 4.78 is 5.04. The number of hydrogen-bond acceptors (Lipinski definition) is 3. The fourth-order valence-corrected chi connectivity index (χ4v) is 2.86. The van der Waals surface area contributed by atoms with Gasteiger partial charge in [-0.1, -0.05) is 18.9 Å². The minimum atomic E-state index is 0.154. The Hall–Kier alpha value is -2.10. The molecule has 0 atom stereocenters. The maximum atomic E-state index is 11.9. The van der Waals surface area contributed by atoms with Crippen molar-refractivity contribution in [3.05, 3.63) is 42.5 Å². The van der Waals surface area contributed by atoms with Gasteiger partial charge in [0.1, 0.15) is 0 Å². The van der Waals surface area contributed by atoms with E-state index in [9.17, 15) is 4.79 Å². The molecule has 2 aromatic heterocycles. The molecule has 0 saturated heterocycles. The van der Waals surface area contributed by atoms with Crippen molar-refractivity contribution in [3.63, 3.8) is 0 Å². The van der Waals surface area contributed by atoms with E-state index < -0.39 is 0 Å². The quantitative estimate of drug-likeness (QED) is 0.913. The van der Waals surface area contributed by atoms with Crippen molar-refractivity contribution >= 4 is 5.91 Å². The lowest BCUT2D eigenvalue weighted by Gasteiger charge is -2.09. The number of pyridine rings is 1. The molecule has 2 aromatic rings. The number of carbonyl (C=O) groups is 1. The average Bonchev–Trinajstić information content (AvgIpc) is 3.19. The first kappa shape index (κ1) is 13.9. The van der Waals surface area contributed by atoms with Crippen LogP contribution in [0.5, 0.6) is 0 Å². The first-order chi connectivity index (χ1) is 10.3. The normalized spacial score (nSPS) is 15.2. The van der Waals surface area contributed by atoms with Crippen LogP contribution in [0.4, 0.5) is 0 Å². The molecule has 1 aliphatic carbocycles. The van der Waals surface area contributed by atoms with E-state index in [4.69, 9.17) is 4.42 Å². The number of aromatic nitrogens is 1. The highest BCUT2D eigenvalue weighted by atomic mass is 16.3. The molecule has 2 heterocycles. The van der Waals surface area contributed by atoms with Gasteiger partial charge in [0.2, 0.25) is 5.91 Å². The van der Waals surface area contributed by atoms with Crippen molar-refractivity contribution in [2.24, 2.45) is 5.92 Å². The molecule has 110 valence electrons. The van der Waals surface area contributed by atoms with E-state index in [2.05, 4.69) is 10.3 Å².